The summed E-state index contributed by atoms with van der Waals surface area (Å²) in [6, 6.07) is 0. The highest BCUT2D eigenvalue weighted by Crippen LogP contribution is 2.35. The number of aliphatic hydroxyl groups excluding tert-OH is 1. The molecular weight excluding hydrogens is 287 g/mol. The topological polar surface area (TPSA) is 113 Å². The molecule has 0 aliphatic carbocycles. The van der Waals surface area contributed by atoms with Crippen LogP contribution in [-0.2, 0) is 18.6 Å². The van der Waals surface area contributed by atoms with Gasteiger partial charge in [0.15, 0.2) is 0 Å². The van der Waals surface area contributed by atoms with Gasteiger partial charge in [0.25, 0.3) is 0 Å². The molecule has 1 atom stereocenters. The number of aliphatic hydroxyl groups is 1. The van der Waals surface area contributed by atoms with E-state index in [9.17, 15) is 14.5 Å². The van der Waals surface area contributed by atoms with Gasteiger partial charge in [0.05, 0.1) is 6.61 Å². The van der Waals surface area contributed by atoms with E-state index < -0.39 is 26.5 Å². The van der Waals surface area contributed by atoms with E-state index in [1.54, 1.807) is 0 Å². The first kappa shape index (κ1) is 19.5. The summed E-state index contributed by atoms with van der Waals surface area (Å²) in [7, 11) is -4.60. The fraction of sp³-hybridized carbons (Fsp3) is 0.917. The van der Waals surface area contributed by atoms with Crippen LogP contribution in [0.5, 0.6) is 0 Å². The summed E-state index contributed by atoms with van der Waals surface area (Å²) in [5.41, 5.74) is 0. The van der Waals surface area contributed by atoms with Gasteiger partial charge in [0, 0.05) is 6.42 Å². The molecule has 0 saturated heterocycles. The van der Waals surface area contributed by atoms with Crippen LogP contribution in [0.25, 0.3) is 0 Å². The zero-order valence-electron chi connectivity index (χ0n) is 11.9. The average Bonchev–Trinajstić information content (AvgIpc) is 2.37. The predicted molar refractivity (Wildman–Crippen MR) is 73.0 cm³/mol. The van der Waals surface area contributed by atoms with Crippen molar-refractivity contribution in [2.24, 2.45) is 0 Å². The van der Waals surface area contributed by atoms with Crippen molar-refractivity contribution in [2.45, 2.75) is 58.0 Å². The maximum Gasteiger partial charge on any atom is 0.469 e. The van der Waals surface area contributed by atoms with Crippen LogP contribution in [0, 0.1) is 0 Å². The van der Waals surface area contributed by atoms with Crippen molar-refractivity contribution in [1.82, 2.24) is 0 Å². The zero-order chi connectivity index (χ0) is 15.4. The van der Waals surface area contributed by atoms with Crippen LogP contribution in [0.3, 0.4) is 0 Å². The summed E-state index contributed by atoms with van der Waals surface area (Å²) in [5, 5.41) is 9.28. The second kappa shape index (κ2) is 11.2. The molecule has 0 unspecified atom stereocenters. The fourth-order valence-electron chi connectivity index (χ4n) is 1.54. The highest BCUT2D eigenvalue weighted by atomic mass is 31.2. The minimum absolute atomic E-state index is 0.290. The van der Waals surface area contributed by atoms with Gasteiger partial charge in [-0.15, -0.1) is 0 Å². The highest BCUT2D eigenvalue weighted by molar-refractivity contribution is 7.46. The van der Waals surface area contributed by atoms with E-state index in [2.05, 4.69) is 11.4 Å². The molecule has 7 nitrogen and oxygen atoms in total. The highest BCUT2D eigenvalue weighted by Gasteiger charge is 2.17. The maximum absolute atomic E-state index is 11.3. The van der Waals surface area contributed by atoms with Crippen LogP contribution in [-0.4, -0.2) is 40.2 Å². The standard InChI is InChI=1S/C12H25O7P/c1-2-3-4-5-6-7-8-12(14)18-9-11(13)10-19-20(15,16)17/h11,13H,2-10H2,1H3,(H2,15,16,17)/t11-/m1/s1. The van der Waals surface area contributed by atoms with E-state index in [1.807, 2.05) is 0 Å². The largest absolute Gasteiger partial charge is 0.469 e. The fourth-order valence-corrected chi connectivity index (χ4v) is 1.91. The number of esters is 1. The summed E-state index contributed by atoms with van der Waals surface area (Å²) in [6.07, 6.45) is 5.42. The molecule has 0 aromatic rings. The van der Waals surface area contributed by atoms with Gasteiger partial charge in [0.2, 0.25) is 0 Å². The van der Waals surface area contributed by atoms with Crippen LogP contribution in [0.4, 0.5) is 0 Å². The van der Waals surface area contributed by atoms with Crippen molar-refractivity contribution in [2.75, 3.05) is 13.2 Å². The quantitative estimate of drug-likeness (QED) is 0.286. The van der Waals surface area contributed by atoms with Gasteiger partial charge in [-0.05, 0) is 6.42 Å². The molecule has 0 radical (unpaired) electrons. The van der Waals surface area contributed by atoms with E-state index in [0.29, 0.717) is 0 Å². The Bertz CT molecular complexity index is 302. The Labute approximate surface area is 119 Å². The smallest absolute Gasteiger partial charge is 0.463 e. The first-order valence-electron chi connectivity index (χ1n) is 6.89. The first-order chi connectivity index (χ1) is 9.35. The molecule has 8 heteroatoms. The average molecular weight is 312 g/mol. The Morgan fingerprint density at radius 1 is 1.10 bits per heavy atom. The van der Waals surface area contributed by atoms with Gasteiger partial charge in [-0.3, -0.25) is 9.32 Å². The Balaban J connectivity index is 3.50. The number of hydrogen-bond donors (Lipinski definition) is 3. The van der Waals surface area contributed by atoms with Gasteiger partial charge in [-0.1, -0.05) is 39.0 Å². The Hall–Kier alpha value is -0.460. The molecule has 0 fully saturated rings. The molecule has 0 amide bonds. The van der Waals surface area contributed by atoms with Crippen molar-refractivity contribution >= 4 is 13.8 Å². The lowest BCUT2D eigenvalue weighted by atomic mass is 10.1. The monoisotopic (exact) mass is 312 g/mol. The summed E-state index contributed by atoms with van der Waals surface area (Å²) < 4.78 is 19.2. The van der Waals surface area contributed by atoms with E-state index in [4.69, 9.17) is 14.5 Å². The van der Waals surface area contributed by atoms with E-state index in [1.165, 1.54) is 19.3 Å². The lowest BCUT2D eigenvalue weighted by molar-refractivity contribution is -0.147. The summed E-state index contributed by atoms with van der Waals surface area (Å²) in [6.45, 7) is 1.24. The van der Waals surface area contributed by atoms with E-state index >= 15 is 0 Å². The second-order valence-electron chi connectivity index (χ2n) is 4.64. The van der Waals surface area contributed by atoms with Crippen molar-refractivity contribution in [3.63, 3.8) is 0 Å². The minimum Gasteiger partial charge on any atom is -0.463 e. The van der Waals surface area contributed by atoms with Crippen molar-refractivity contribution in [3.8, 4) is 0 Å². The predicted octanol–water partition coefficient (Wildman–Crippen LogP) is 1.75. The Morgan fingerprint density at radius 2 is 1.70 bits per heavy atom. The van der Waals surface area contributed by atoms with Gasteiger partial charge in [-0.2, -0.15) is 0 Å². The van der Waals surface area contributed by atoms with Crippen LogP contribution < -0.4 is 0 Å². The van der Waals surface area contributed by atoms with Crippen LogP contribution in [0.2, 0.25) is 0 Å². The number of hydrogen-bond acceptors (Lipinski definition) is 5. The molecule has 0 aliphatic heterocycles. The van der Waals surface area contributed by atoms with Gasteiger partial charge in [-0.25, -0.2) is 4.57 Å². The number of rotatable bonds is 12. The van der Waals surface area contributed by atoms with Crippen LogP contribution >= 0.6 is 7.82 Å². The van der Waals surface area contributed by atoms with Gasteiger partial charge >= 0.3 is 13.8 Å². The third kappa shape index (κ3) is 14.0. The minimum atomic E-state index is -4.60. The SMILES string of the molecule is CCCCCCCCC(=O)OC[C@@H](O)COP(=O)(O)O. The van der Waals surface area contributed by atoms with E-state index in [0.717, 1.165) is 19.3 Å². The summed E-state index contributed by atoms with van der Waals surface area (Å²) in [5.74, 6) is -0.421. The first-order valence-corrected chi connectivity index (χ1v) is 8.42. The Kier molecular flexibility index (Phi) is 11.0. The lowest BCUT2D eigenvalue weighted by Crippen LogP contribution is -2.23. The molecule has 0 bridgehead atoms. The number of phosphoric ester groups is 1. The van der Waals surface area contributed by atoms with Crippen LogP contribution in [0.15, 0.2) is 0 Å². The molecular formula is C12H25O7P. The molecule has 0 aromatic carbocycles. The summed E-state index contributed by atoms with van der Waals surface area (Å²) >= 11 is 0. The Morgan fingerprint density at radius 3 is 2.30 bits per heavy atom. The van der Waals surface area contributed by atoms with Gasteiger partial charge < -0.3 is 19.6 Å². The number of phosphoric acid groups is 1. The van der Waals surface area contributed by atoms with Crippen molar-refractivity contribution in [1.29, 1.82) is 0 Å². The molecule has 0 rings (SSSR count). The maximum atomic E-state index is 11.3. The summed E-state index contributed by atoms with van der Waals surface area (Å²) in [4.78, 5) is 28.1. The van der Waals surface area contributed by atoms with Crippen LogP contribution in [0.1, 0.15) is 51.9 Å². The molecule has 0 saturated carbocycles. The van der Waals surface area contributed by atoms with Crippen molar-refractivity contribution in [3.05, 3.63) is 0 Å². The van der Waals surface area contributed by atoms with E-state index in [-0.39, 0.29) is 13.0 Å². The number of carbonyl (C=O) groups is 1. The van der Waals surface area contributed by atoms with Gasteiger partial charge in [0.1, 0.15) is 12.7 Å². The molecule has 120 valence electrons. The molecule has 20 heavy (non-hydrogen) atoms. The number of ether oxygens (including phenoxy) is 1. The molecule has 0 aliphatic rings. The number of carbonyl (C=O) groups excluding carboxylic acids is 1. The lowest BCUT2D eigenvalue weighted by Gasteiger charge is -2.12. The normalized spacial score (nSPS) is 13.2. The van der Waals surface area contributed by atoms with Crippen molar-refractivity contribution < 1.29 is 33.5 Å². The molecule has 3 N–H and O–H groups in total. The third-order valence-electron chi connectivity index (χ3n) is 2.61. The second-order valence-corrected chi connectivity index (χ2v) is 5.88. The third-order valence-corrected chi connectivity index (χ3v) is 3.09. The molecule has 0 aromatic heterocycles. The molecule has 0 heterocycles. The number of unbranched alkanes of at least 4 members (excludes halogenated alkanes) is 5. The molecule has 0 spiro atoms. The zero-order valence-corrected chi connectivity index (χ0v) is 12.8.